The largest absolute Gasteiger partial charge is 0.313 e. The van der Waals surface area contributed by atoms with E-state index in [2.05, 4.69) is 160 Å². The van der Waals surface area contributed by atoms with E-state index >= 15 is 0 Å². The summed E-state index contributed by atoms with van der Waals surface area (Å²) in [7, 11) is 0. The zero-order chi connectivity index (χ0) is 29.7. The Labute approximate surface area is 258 Å². The number of para-hydroxylation sites is 1. The highest BCUT2D eigenvalue weighted by atomic mass is 15.0. The van der Waals surface area contributed by atoms with Crippen LogP contribution in [0.4, 0.5) is 0 Å². The van der Waals surface area contributed by atoms with Gasteiger partial charge in [-0.3, -0.25) is 0 Å². The van der Waals surface area contributed by atoms with E-state index in [1.807, 2.05) is 0 Å². The lowest BCUT2D eigenvalue weighted by Gasteiger charge is -2.21. The third-order valence-electron chi connectivity index (χ3n) is 10.3. The summed E-state index contributed by atoms with van der Waals surface area (Å²) in [6.45, 7) is 9.16. The Morgan fingerprint density at radius 2 is 1.23 bits per heavy atom. The van der Waals surface area contributed by atoms with Crippen molar-refractivity contribution in [2.45, 2.75) is 33.1 Å². The van der Waals surface area contributed by atoms with Crippen LogP contribution in [0, 0.1) is 6.92 Å². The predicted octanol–water partition coefficient (Wildman–Crippen LogP) is 9.68. The van der Waals surface area contributed by atoms with Crippen LogP contribution in [-0.4, -0.2) is 4.57 Å². The Morgan fingerprint density at radius 1 is 0.568 bits per heavy atom. The fourth-order valence-corrected chi connectivity index (χ4v) is 8.18. The first-order chi connectivity index (χ1) is 21.5. The topological polar surface area (TPSA) is 4.93 Å². The maximum absolute atomic E-state index is 2.48. The molecule has 0 saturated heterocycles. The molecule has 0 fully saturated rings. The Morgan fingerprint density at radius 3 is 2.02 bits per heavy atom. The second-order valence-corrected chi connectivity index (χ2v) is 12.9. The fourth-order valence-electron chi connectivity index (χ4n) is 8.18. The van der Waals surface area contributed by atoms with E-state index in [0.29, 0.717) is 0 Å². The minimum atomic E-state index is -0.0103. The first-order valence-electron chi connectivity index (χ1n) is 15.7. The van der Waals surface area contributed by atoms with Crippen LogP contribution in [0.2, 0.25) is 0 Å². The minimum absolute atomic E-state index is 0.0103. The van der Waals surface area contributed by atoms with Gasteiger partial charge >= 0.3 is 0 Å². The maximum atomic E-state index is 2.48. The molecule has 1 heterocycles. The molecule has 210 valence electrons. The van der Waals surface area contributed by atoms with E-state index in [0.717, 1.165) is 0 Å². The minimum Gasteiger partial charge on any atom is -0.313 e. The summed E-state index contributed by atoms with van der Waals surface area (Å²) in [5, 5.41) is 6.48. The van der Waals surface area contributed by atoms with Crippen LogP contribution in [0.3, 0.4) is 0 Å². The van der Waals surface area contributed by atoms with E-state index < -0.39 is 0 Å². The molecule has 1 heteroatoms. The lowest BCUT2D eigenvalue weighted by molar-refractivity contribution is 0.659. The van der Waals surface area contributed by atoms with Crippen molar-refractivity contribution in [2.24, 2.45) is 0 Å². The molecule has 0 atom stereocenters. The number of hydrogen-bond acceptors (Lipinski definition) is 0. The van der Waals surface area contributed by atoms with E-state index in [9.17, 15) is 0 Å². The molecule has 0 amide bonds. The van der Waals surface area contributed by atoms with Crippen molar-refractivity contribution in [1.29, 1.82) is 0 Å². The molecule has 0 unspecified atom stereocenters. The van der Waals surface area contributed by atoms with Crippen LogP contribution in [0.1, 0.15) is 43.2 Å². The molecule has 0 saturated carbocycles. The fraction of sp³-hybridized carbons (Fsp3) is 0.116. The van der Waals surface area contributed by atoms with Crippen LogP contribution >= 0.6 is 0 Å². The van der Waals surface area contributed by atoms with Gasteiger partial charge < -0.3 is 4.57 Å². The summed E-state index contributed by atoms with van der Waals surface area (Å²) in [5.41, 5.74) is 15.9. The smallest absolute Gasteiger partial charge is 0.0537 e. The van der Waals surface area contributed by atoms with Crippen LogP contribution in [-0.2, 0) is 5.41 Å². The summed E-state index contributed by atoms with van der Waals surface area (Å²) in [4.78, 5) is 0. The Hall–Kier alpha value is -5.14. The third-order valence-corrected chi connectivity index (χ3v) is 10.3. The molecule has 2 aliphatic carbocycles. The van der Waals surface area contributed by atoms with E-state index in [4.69, 9.17) is 0 Å². The summed E-state index contributed by atoms with van der Waals surface area (Å²) in [6, 6.07) is 42.9. The van der Waals surface area contributed by atoms with Gasteiger partial charge in [0.05, 0.1) is 11.2 Å². The van der Waals surface area contributed by atoms with Crippen molar-refractivity contribution in [3.05, 3.63) is 148 Å². The van der Waals surface area contributed by atoms with Gasteiger partial charge in [-0.1, -0.05) is 111 Å². The van der Waals surface area contributed by atoms with Crippen LogP contribution < -0.4 is 10.4 Å². The lowest BCUT2D eigenvalue weighted by Crippen LogP contribution is -2.27. The van der Waals surface area contributed by atoms with Gasteiger partial charge in [0, 0.05) is 27.4 Å². The van der Waals surface area contributed by atoms with Crippen LogP contribution in [0.5, 0.6) is 0 Å². The molecule has 0 spiro atoms. The van der Waals surface area contributed by atoms with Gasteiger partial charge in [-0.2, -0.15) is 0 Å². The third kappa shape index (κ3) is 3.24. The molecule has 1 nitrogen and oxygen atoms in total. The summed E-state index contributed by atoms with van der Waals surface area (Å²) < 4.78 is 2.48. The van der Waals surface area contributed by atoms with Crippen molar-refractivity contribution in [2.75, 3.05) is 0 Å². The van der Waals surface area contributed by atoms with Gasteiger partial charge in [0.25, 0.3) is 0 Å². The maximum Gasteiger partial charge on any atom is 0.0537 e. The van der Waals surface area contributed by atoms with Gasteiger partial charge in [-0.05, 0) is 105 Å². The number of benzene rings is 6. The number of nitrogens with zero attached hydrogens (tertiary/aromatic N) is 1. The number of fused-ring (bicyclic) bond motifs is 7. The van der Waals surface area contributed by atoms with Gasteiger partial charge in [0.15, 0.2) is 0 Å². The first kappa shape index (κ1) is 25.4. The van der Waals surface area contributed by atoms with Gasteiger partial charge in [-0.15, -0.1) is 0 Å². The molecule has 0 N–H and O–H groups in total. The number of hydrogen-bond donors (Lipinski definition) is 0. The molecule has 6 aromatic carbocycles. The average molecular weight is 564 g/mol. The molecular formula is C43H33N. The molecule has 0 aliphatic heterocycles. The quantitative estimate of drug-likeness (QED) is 0.197. The summed E-state index contributed by atoms with van der Waals surface area (Å²) in [6.07, 6.45) is 4.69. The molecule has 44 heavy (non-hydrogen) atoms. The molecule has 0 radical (unpaired) electrons. The number of aromatic nitrogens is 1. The van der Waals surface area contributed by atoms with Crippen molar-refractivity contribution in [1.82, 2.24) is 4.57 Å². The molecule has 7 aromatic rings. The lowest BCUT2D eigenvalue weighted by atomic mass is 9.82. The molecule has 0 bridgehead atoms. The standard InChI is InChI=1S/C43H33N/c1-5-27-25-39-37(31-15-8-10-19-38(31)43(39,3)4)24-28(27)23-36-26(2)44(40-20-11-9-16-32(36)40)41-22-21-34-30-14-7-6-13-29(30)33-17-12-18-35(41)42(33)34/h5-25H,1-4H3/b27-5-,28-23-. The van der Waals surface area contributed by atoms with Gasteiger partial charge in [0.1, 0.15) is 0 Å². The average Bonchev–Trinajstić information content (AvgIpc) is 3.61. The zero-order valence-corrected chi connectivity index (χ0v) is 25.6. The van der Waals surface area contributed by atoms with E-state index in [1.165, 1.54) is 93.6 Å². The normalized spacial score (nSPS) is 14.8. The second-order valence-electron chi connectivity index (χ2n) is 12.9. The first-order valence-corrected chi connectivity index (χ1v) is 15.7. The van der Waals surface area contributed by atoms with Crippen molar-refractivity contribution < 1.29 is 0 Å². The van der Waals surface area contributed by atoms with Gasteiger partial charge in [0.2, 0.25) is 0 Å². The van der Waals surface area contributed by atoms with Crippen molar-refractivity contribution >= 4 is 33.8 Å². The molecule has 9 rings (SSSR count). The number of rotatable bonds is 2. The zero-order valence-electron chi connectivity index (χ0n) is 25.6. The molecular weight excluding hydrogens is 530 g/mol. The SMILES string of the molecule is C/C=c1/cc2c(c/c1=C/c1c(C)n(-c3ccc4c5c(cccc35)-c3ccccc3-4)c3ccccc13)-c1ccccc1C2(C)C. The summed E-state index contributed by atoms with van der Waals surface area (Å²) >= 11 is 0. The highest BCUT2D eigenvalue weighted by Gasteiger charge is 2.35. The monoisotopic (exact) mass is 563 g/mol. The van der Waals surface area contributed by atoms with Crippen molar-refractivity contribution in [3.63, 3.8) is 0 Å². The van der Waals surface area contributed by atoms with Crippen LogP contribution in [0.15, 0.2) is 115 Å². The Bertz CT molecular complexity index is 2460. The van der Waals surface area contributed by atoms with E-state index in [-0.39, 0.29) is 5.41 Å². The van der Waals surface area contributed by atoms with E-state index in [1.54, 1.807) is 0 Å². The highest BCUT2D eigenvalue weighted by Crippen LogP contribution is 2.49. The Kier molecular flexibility index (Phi) is 5.15. The molecule has 1 aromatic heterocycles. The Balaban J connectivity index is 1.32. The highest BCUT2D eigenvalue weighted by molar-refractivity contribution is 6.17. The van der Waals surface area contributed by atoms with Gasteiger partial charge in [-0.25, -0.2) is 0 Å². The van der Waals surface area contributed by atoms with Crippen molar-refractivity contribution in [3.8, 4) is 39.1 Å². The van der Waals surface area contributed by atoms with Crippen LogP contribution in [0.25, 0.3) is 72.9 Å². The summed E-state index contributed by atoms with van der Waals surface area (Å²) in [5.74, 6) is 0. The predicted molar refractivity (Wildman–Crippen MR) is 187 cm³/mol. The second kappa shape index (κ2) is 8.94. The molecule has 2 aliphatic rings.